The van der Waals surface area contributed by atoms with Gasteiger partial charge >= 0.3 is 6.09 Å². The molecule has 6 heteroatoms. The number of carbonyl (C=O) groups excluding carboxylic acids is 2. The van der Waals surface area contributed by atoms with Gasteiger partial charge < -0.3 is 14.4 Å². The summed E-state index contributed by atoms with van der Waals surface area (Å²) in [5.74, 6) is -0.0132. The van der Waals surface area contributed by atoms with E-state index in [0.717, 1.165) is 6.42 Å². The molecule has 1 amide bonds. The van der Waals surface area contributed by atoms with Crippen LogP contribution in [0.15, 0.2) is 17.5 Å². The summed E-state index contributed by atoms with van der Waals surface area (Å²) in [6.07, 6.45) is 0.316. The van der Waals surface area contributed by atoms with Crippen LogP contribution in [0.1, 0.15) is 36.9 Å². The van der Waals surface area contributed by atoms with Crippen molar-refractivity contribution in [3.05, 3.63) is 22.4 Å². The molecule has 0 N–H and O–H groups in total. The zero-order chi connectivity index (χ0) is 15.5. The second-order valence-electron chi connectivity index (χ2n) is 6.05. The fourth-order valence-corrected chi connectivity index (χ4v) is 2.71. The minimum Gasteiger partial charge on any atom is -0.444 e. The van der Waals surface area contributed by atoms with E-state index in [1.165, 1.54) is 11.3 Å². The minimum absolute atomic E-state index is 0.0132. The van der Waals surface area contributed by atoms with Crippen molar-refractivity contribution >= 4 is 23.2 Å². The summed E-state index contributed by atoms with van der Waals surface area (Å²) in [5.41, 5.74) is -0.495. The predicted octanol–water partition coefficient (Wildman–Crippen LogP) is 2.96. The molecule has 0 spiro atoms. The van der Waals surface area contributed by atoms with Crippen molar-refractivity contribution in [3.63, 3.8) is 0 Å². The number of hydrogen-bond donors (Lipinski definition) is 0. The molecule has 21 heavy (non-hydrogen) atoms. The summed E-state index contributed by atoms with van der Waals surface area (Å²) in [6, 6.07) is 3.63. The number of nitrogens with zero attached hydrogens (tertiary/aromatic N) is 1. The molecule has 2 rings (SSSR count). The average molecular weight is 311 g/mol. The predicted molar refractivity (Wildman–Crippen MR) is 80.8 cm³/mol. The number of carbonyl (C=O) groups is 2. The van der Waals surface area contributed by atoms with Gasteiger partial charge in [-0.1, -0.05) is 6.07 Å². The first-order valence-electron chi connectivity index (χ1n) is 7.01. The van der Waals surface area contributed by atoms with Crippen LogP contribution in [0.3, 0.4) is 0 Å². The quantitative estimate of drug-likeness (QED) is 0.802. The standard InChI is InChI=1S/C15H21NO4S/c1-15(2,3)20-14(18)16-7-6-11(9-16)19-10-12(17)13-5-4-8-21-13/h4-5,8,11H,6-7,9-10H2,1-3H3. The van der Waals surface area contributed by atoms with Crippen molar-refractivity contribution in [1.82, 2.24) is 4.90 Å². The molecule has 0 bridgehead atoms. The lowest BCUT2D eigenvalue weighted by Gasteiger charge is -2.24. The number of ether oxygens (including phenoxy) is 2. The van der Waals surface area contributed by atoms with Crippen LogP contribution in [0.5, 0.6) is 0 Å². The Morgan fingerprint density at radius 3 is 2.81 bits per heavy atom. The van der Waals surface area contributed by atoms with Crippen LogP contribution in [-0.2, 0) is 9.47 Å². The number of likely N-dealkylation sites (tertiary alicyclic amines) is 1. The monoisotopic (exact) mass is 311 g/mol. The van der Waals surface area contributed by atoms with Crippen LogP contribution in [0, 0.1) is 0 Å². The Balaban J connectivity index is 1.75. The summed E-state index contributed by atoms with van der Waals surface area (Å²) in [7, 11) is 0. The molecule has 1 unspecified atom stereocenters. The highest BCUT2D eigenvalue weighted by molar-refractivity contribution is 7.12. The smallest absolute Gasteiger partial charge is 0.410 e. The van der Waals surface area contributed by atoms with Crippen LogP contribution >= 0.6 is 11.3 Å². The van der Waals surface area contributed by atoms with E-state index in [0.29, 0.717) is 18.0 Å². The Bertz CT molecular complexity index is 492. The van der Waals surface area contributed by atoms with E-state index in [9.17, 15) is 9.59 Å². The van der Waals surface area contributed by atoms with E-state index >= 15 is 0 Å². The first kappa shape index (κ1) is 16.0. The topological polar surface area (TPSA) is 55.8 Å². The zero-order valence-electron chi connectivity index (χ0n) is 12.6. The molecule has 1 fully saturated rings. The van der Waals surface area contributed by atoms with Gasteiger partial charge in [0, 0.05) is 6.54 Å². The highest BCUT2D eigenvalue weighted by Gasteiger charge is 2.30. The maximum absolute atomic E-state index is 11.9. The zero-order valence-corrected chi connectivity index (χ0v) is 13.4. The highest BCUT2D eigenvalue weighted by Crippen LogP contribution is 2.18. The van der Waals surface area contributed by atoms with Crippen LogP contribution in [0.4, 0.5) is 4.79 Å². The molecular weight excluding hydrogens is 290 g/mol. The van der Waals surface area contributed by atoms with Gasteiger partial charge in [0.2, 0.25) is 0 Å². The van der Waals surface area contributed by atoms with Crippen LogP contribution < -0.4 is 0 Å². The third kappa shape index (κ3) is 4.82. The van der Waals surface area contributed by atoms with Crippen LogP contribution in [0.25, 0.3) is 0 Å². The van der Waals surface area contributed by atoms with Gasteiger partial charge in [0.05, 0.1) is 17.5 Å². The molecule has 1 saturated heterocycles. The van der Waals surface area contributed by atoms with Gasteiger partial charge in [-0.25, -0.2) is 4.79 Å². The molecule has 0 saturated carbocycles. The van der Waals surface area contributed by atoms with Gasteiger partial charge in [-0.05, 0) is 38.6 Å². The Labute approximate surface area is 128 Å². The SMILES string of the molecule is CC(C)(C)OC(=O)N1CCC(OCC(=O)c2cccs2)C1. The summed E-state index contributed by atoms with van der Waals surface area (Å²) in [5, 5.41) is 1.87. The van der Waals surface area contributed by atoms with Crippen molar-refractivity contribution in [1.29, 1.82) is 0 Å². The second kappa shape index (κ2) is 6.58. The maximum Gasteiger partial charge on any atom is 0.410 e. The highest BCUT2D eigenvalue weighted by atomic mass is 32.1. The minimum atomic E-state index is -0.495. The number of hydrogen-bond acceptors (Lipinski definition) is 5. The number of ketones is 1. The molecule has 1 aliphatic rings. The van der Waals surface area contributed by atoms with E-state index in [4.69, 9.17) is 9.47 Å². The Hall–Kier alpha value is -1.40. The molecule has 116 valence electrons. The van der Waals surface area contributed by atoms with E-state index in [1.54, 1.807) is 11.0 Å². The van der Waals surface area contributed by atoms with Gasteiger partial charge in [-0.3, -0.25) is 4.79 Å². The molecular formula is C15H21NO4S. The largest absolute Gasteiger partial charge is 0.444 e. The molecule has 1 atom stereocenters. The average Bonchev–Trinajstić information content (AvgIpc) is 3.05. The number of rotatable bonds is 4. The summed E-state index contributed by atoms with van der Waals surface area (Å²) in [6.45, 7) is 6.67. The lowest BCUT2D eigenvalue weighted by atomic mass is 10.2. The van der Waals surface area contributed by atoms with E-state index < -0.39 is 5.60 Å². The molecule has 0 aliphatic carbocycles. The molecule has 1 aromatic rings. The summed E-state index contributed by atoms with van der Waals surface area (Å²) >= 11 is 1.41. The maximum atomic E-state index is 11.9. The number of Topliss-reactive ketones (excluding diaryl/α,β-unsaturated/α-hetero) is 1. The second-order valence-corrected chi connectivity index (χ2v) is 7.00. The lowest BCUT2D eigenvalue weighted by molar-refractivity contribution is 0.0218. The lowest BCUT2D eigenvalue weighted by Crippen LogP contribution is -2.36. The first-order chi connectivity index (χ1) is 9.85. The molecule has 1 aliphatic heterocycles. The van der Waals surface area contributed by atoms with Gasteiger partial charge in [-0.2, -0.15) is 0 Å². The van der Waals surface area contributed by atoms with Gasteiger partial charge in [0.15, 0.2) is 5.78 Å². The first-order valence-corrected chi connectivity index (χ1v) is 7.89. The van der Waals surface area contributed by atoms with E-state index in [-0.39, 0.29) is 24.6 Å². The Morgan fingerprint density at radius 2 is 2.19 bits per heavy atom. The van der Waals surface area contributed by atoms with Crippen LogP contribution in [-0.4, -0.2) is 48.2 Å². The van der Waals surface area contributed by atoms with E-state index in [1.807, 2.05) is 32.2 Å². The van der Waals surface area contributed by atoms with Gasteiger partial charge in [0.25, 0.3) is 0 Å². The van der Waals surface area contributed by atoms with Crippen molar-refractivity contribution in [2.75, 3.05) is 19.7 Å². The molecule has 2 heterocycles. The normalized spacial score (nSPS) is 18.8. The van der Waals surface area contributed by atoms with Crippen molar-refractivity contribution in [2.24, 2.45) is 0 Å². The molecule has 0 aromatic carbocycles. The fourth-order valence-electron chi connectivity index (χ4n) is 2.06. The molecule has 5 nitrogen and oxygen atoms in total. The Kier molecular flexibility index (Phi) is 5.00. The molecule has 1 aromatic heterocycles. The van der Waals surface area contributed by atoms with Gasteiger partial charge in [0.1, 0.15) is 12.2 Å². The fraction of sp³-hybridized carbons (Fsp3) is 0.600. The summed E-state index contributed by atoms with van der Waals surface area (Å²) < 4.78 is 10.9. The Morgan fingerprint density at radius 1 is 1.43 bits per heavy atom. The van der Waals surface area contributed by atoms with Crippen LogP contribution in [0.2, 0.25) is 0 Å². The molecule has 0 radical (unpaired) electrons. The van der Waals surface area contributed by atoms with E-state index in [2.05, 4.69) is 0 Å². The summed E-state index contributed by atoms with van der Waals surface area (Å²) in [4.78, 5) is 26.1. The number of amides is 1. The van der Waals surface area contributed by atoms with Crippen molar-refractivity contribution < 1.29 is 19.1 Å². The van der Waals surface area contributed by atoms with Crippen molar-refractivity contribution in [3.8, 4) is 0 Å². The number of thiophene rings is 1. The third-order valence-corrected chi connectivity index (χ3v) is 3.95. The third-order valence-electron chi connectivity index (χ3n) is 3.04. The van der Waals surface area contributed by atoms with Crippen molar-refractivity contribution in [2.45, 2.75) is 38.9 Å². The van der Waals surface area contributed by atoms with Gasteiger partial charge in [-0.15, -0.1) is 11.3 Å².